The van der Waals surface area contributed by atoms with Gasteiger partial charge in [0, 0.05) is 29.7 Å². The topological polar surface area (TPSA) is 134 Å². The number of nitrogens with zero attached hydrogens (tertiary/aromatic N) is 7. The number of nitrogens with one attached hydrogen (secondary N) is 2. The number of aliphatic hydroxyl groups is 1. The summed E-state index contributed by atoms with van der Waals surface area (Å²) in [5.74, 6) is 0.175. The number of fused-ring (bicyclic) bond motifs is 1. The molecule has 12 heteroatoms. The molecule has 1 aromatic heterocycles. The van der Waals surface area contributed by atoms with Crippen LogP contribution in [0.2, 0.25) is 0 Å². The van der Waals surface area contributed by atoms with E-state index in [0.717, 1.165) is 19.4 Å². The van der Waals surface area contributed by atoms with Crippen molar-refractivity contribution in [1.29, 1.82) is 5.26 Å². The number of hydrogen-bond donors (Lipinski definition) is 3. The molecule has 0 saturated carbocycles. The third-order valence-electron chi connectivity index (χ3n) is 7.50. The van der Waals surface area contributed by atoms with Gasteiger partial charge in [-0.1, -0.05) is 5.22 Å². The quantitative estimate of drug-likeness (QED) is 0.254. The third-order valence-corrected chi connectivity index (χ3v) is 7.50. The van der Waals surface area contributed by atoms with Crippen molar-refractivity contribution < 1.29 is 14.2 Å². The lowest BCUT2D eigenvalue weighted by Crippen LogP contribution is -2.55. The van der Waals surface area contributed by atoms with Gasteiger partial charge in [-0.3, -0.25) is 4.90 Å². The van der Waals surface area contributed by atoms with Gasteiger partial charge in [-0.15, -0.1) is 0 Å². The second-order valence-electron chi connectivity index (χ2n) is 12.4. The average molecular weight is 568 g/mol. The highest BCUT2D eigenvalue weighted by Gasteiger charge is 2.43. The monoisotopic (exact) mass is 567 g/mol. The first-order valence-electron chi connectivity index (χ1n) is 14.2. The first-order chi connectivity index (χ1) is 19.3. The number of rotatable bonds is 10. The largest absolute Gasteiger partial charge is 0.488 e. The van der Waals surface area contributed by atoms with Crippen LogP contribution in [-0.2, 0) is 0 Å². The smallest absolute Gasteiger partial charge is 0.229 e. The summed E-state index contributed by atoms with van der Waals surface area (Å²) in [6.45, 7) is 12.7. The Hall–Kier alpha value is -3.56. The maximum Gasteiger partial charge on any atom is 0.229 e. The molecule has 2 aliphatic heterocycles. The molecule has 0 spiro atoms. The van der Waals surface area contributed by atoms with E-state index in [9.17, 15) is 10.4 Å². The van der Waals surface area contributed by atoms with Crippen molar-refractivity contribution in [3.63, 3.8) is 0 Å². The second kappa shape index (κ2) is 12.1. The lowest BCUT2D eigenvalue weighted by atomic mass is 9.84. The third kappa shape index (κ3) is 7.21. The van der Waals surface area contributed by atoms with Crippen molar-refractivity contribution in [2.75, 3.05) is 35.8 Å². The van der Waals surface area contributed by atoms with E-state index in [1.807, 2.05) is 13.8 Å². The Morgan fingerprint density at radius 3 is 2.78 bits per heavy atom. The van der Waals surface area contributed by atoms with Crippen molar-refractivity contribution in [2.24, 2.45) is 10.3 Å². The Kier molecular flexibility index (Phi) is 8.99. The Morgan fingerprint density at radius 2 is 2.12 bits per heavy atom. The van der Waals surface area contributed by atoms with E-state index in [2.05, 4.69) is 55.8 Å². The Morgan fingerprint density at radius 1 is 1.37 bits per heavy atom. The van der Waals surface area contributed by atoms with Gasteiger partial charge < -0.3 is 20.5 Å². The zero-order valence-corrected chi connectivity index (χ0v) is 25.1. The van der Waals surface area contributed by atoms with E-state index in [1.165, 1.54) is 25.1 Å². The van der Waals surface area contributed by atoms with Gasteiger partial charge in [0.2, 0.25) is 5.95 Å². The molecule has 2 saturated heterocycles. The maximum absolute atomic E-state index is 15.4. The number of anilines is 4. The summed E-state index contributed by atoms with van der Waals surface area (Å²) in [5.41, 5.74) is -0.193. The van der Waals surface area contributed by atoms with Crippen molar-refractivity contribution in [3.8, 4) is 11.8 Å². The summed E-state index contributed by atoms with van der Waals surface area (Å²) in [4.78, 5) is 11.5. The molecule has 1 aromatic carbocycles. The summed E-state index contributed by atoms with van der Waals surface area (Å²) >= 11 is 0. The second-order valence-corrected chi connectivity index (χ2v) is 12.4. The molecule has 41 heavy (non-hydrogen) atoms. The minimum absolute atomic E-state index is 0.0463. The van der Waals surface area contributed by atoms with Crippen LogP contribution >= 0.6 is 0 Å². The number of hydrogen-bond acceptors (Lipinski definition) is 10. The van der Waals surface area contributed by atoms with E-state index in [-0.39, 0.29) is 41.6 Å². The lowest BCUT2D eigenvalue weighted by Gasteiger charge is -2.47. The summed E-state index contributed by atoms with van der Waals surface area (Å²) in [7, 11) is 1.55. The molecular weight excluding hydrogens is 525 g/mol. The fraction of sp³-hybridized carbons (Fsp3) is 0.621. The van der Waals surface area contributed by atoms with E-state index < -0.39 is 11.4 Å². The van der Waals surface area contributed by atoms with Crippen LogP contribution in [0.1, 0.15) is 72.8 Å². The first kappa shape index (κ1) is 30.4. The molecular formula is C29H42FN9O2. The number of piperidine rings is 1. The van der Waals surface area contributed by atoms with Gasteiger partial charge >= 0.3 is 0 Å². The number of halogens is 1. The van der Waals surface area contributed by atoms with Crippen LogP contribution in [-0.4, -0.2) is 69.4 Å². The van der Waals surface area contributed by atoms with E-state index in [4.69, 9.17) is 4.74 Å². The van der Waals surface area contributed by atoms with Crippen LogP contribution < -0.4 is 20.4 Å². The van der Waals surface area contributed by atoms with Gasteiger partial charge in [-0.2, -0.15) is 15.4 Å². The molecule has 0 aliphatic carbocycles. The minimum atomic E-state index is -1.12. The van der Waals surface area contributed by atoms with Gasteiger partial charge in [0.05, 0.1) is 24.5 Å². The molecule has 11 nitrogen and oxygen atoms in total. The van der Waals surface area contributed by atoms with Gasteiger partial charge in [0.1, 0.15) is 35.5 Å². The Bertz CT molecular complexity index is 1300. The van der Waals surface area contributed by atoms with Gasteiger partial charge in [0.25, 0.3) is 0 Å². The molecule has 2 aromatic rings. The van der Waals surface area contributed by atoms with Gasteiger partial charge in [-0.25, -0.2) is 14.4 Å². The van der Waals surface area contributed by atoms with Gasteiger partial charge in [0.15, 0.2) is 5.82 Å². The predicted molar refractivity (Wildman–Crippen MR) is 157 cm³/mol. The molecule has 3 heterocycles. The normalized spacial score (nSPS) is 20.6. The fourth-order valence-corrected chi connectivity index (χ4v) is 5.78. The molecule has 4 rings (SSSR count). The summed E-state index contributed by atoms with van der Waals surface area (Å²) in [5, 5.41) is 36.1. The predicted octanol–water partition coefficient (Wildman–Crippen LogP) is 5.41. The number of nitriles is 1. The zero-order valence-electron chi connectivity index (χ0n) is 25.1. The Balaban J connectivity index is 1.63. The van der Waals surface area contributed by atoms with Gasteiger partial charge in [-0.05, 0) is 79.8 Å². The fourth-order valence-electron chi connectivity index (χ4n) is 5.78. The highest BCUT2D eigenvalue weighted by molar-refractivity contribution is 5.70. The van der Waals surface area contributed by atoms with Crippen LogP contribution in [0.5, 0.6) is 5.75 Å². The van der Waals surface area contributed by atoms with E-state index >= 15 is 4.39 Å². The van der Waals surface area contributed by atoms with Crippen molar-refractivity contribution in [3.05, 3.63) is 29.7 Å². The lowest BCUT2D eigenvalue weighted by molar-refractivity contribution is 0.0285. The average Bonchev–Trinajstić information content (AvgIpc) is 3.37. The summed E-state index contributed by atoms with van der Waals surface area (Å²) < 4.78 is 21.2. The molecule has 0 radical (unpaired) electrons. The SMILES string of the molecule is CN=NN(c1cc(Nc2ncc(C#N)c(NC3CC4CCCN4C(C)(C)C3)n2)c(F)cc1OCC(C)(C)O)C(C)C. The van der Waals surface area contributed by atoms with Crippen molar-refractivity contribution in [1.82, 2.24) is 14.9 Å². The number of ether oxygens (including phenoxy) is 1. The van der Waals surface area contributed by atoms with E-state index in [1.54, 1.807) is 32.0 Å². The van der Waals surface area contributed by atoms with Crippen molar-refractivity contribution >= 4 is 23.1 Å². The summed E-state index contributed by atoms with van der Waals surface area (Å²) in [6.07, 6.45) is 5.71. The molecule has 0 bridgehead atoms. The molecule has 0 amide bonds. The Labute approximate surface area is 241 Å². The maximum atomic E-state index is 15.4. The van der Waals surface area contributed by atoms with E-state index in [0.29, 0.717) is 23.1 Å². The number of benzene rings is 1. The van der Waals surface area contributed by atoms with Crippen LogP contribution in [0.25, 0.3) is 0 Å². The highest BCUT2D eigenvalue weighted by atomic mass is 19.1. The first-order valence-corrected chi connectivity index (χ1v) is 14.2. The van der Waals surface area contributed by atoms with Crippen LogP contribution in [0.15, 0.2) is 28.7 Å². The van der Waals surface area contributed by atoms with Crippen LogP contribution in [0.3, 0.4) is 0 Å². The molecule has 2 atom stereocenters. The highest BCUT2D eigenvalue weighted by Crippen LogP contribution is 2.39. The van der Waals surface area contributed by atoms with Crippen LogP contribution in [0.4, 0.5) is 27.5 Å². The molecule has 2 fully saturated rings. The minimum Gasteiger partial charge on any atom is -0.488 e. The molecule has 2 unspecified atom stereocenters. The molecule has 222 valence electrons. The summed E-state index contributed by atoms with van der Waals surface area (Å²) in [6, 6.07) is 5.50. The standard InChI is InChI=1S/C29H42FN9O2/c1-18(2)39(37-32-7)24-13-23(22(30)12-25(24)41-17-29(5,6)40)35-27-33-16-19(15-31)26(36-27)34-20-11-21-9-8-10-38(21)28(3,4)14-20/h12-13,16,18,20-21,40H,8-11,14,17H2,1-7H3,(H2,33,34,35,36). The van der Waals surface area contributed by atoms with Crippen molar-refractivity contribution in [2.45, 2.75) is 96.5 Å². The molecule has 2 aliphatic rings. The number of aromatic nitrogens is 2. The van der Waals surface area contributed by atoms with Crippen LogP contribution in [0, 0.1) is 17.1 Å². The molecule has 3 N–H and O–H groups in total. The zero-order chi connectivity index (χ0) is 29.9.